The molecule has 0 atom stereocenters. The van der Waals surface area contributed by atoms with Crippen molar-refractivity contribution in [2.24, 2.45) is 0 Å². The van der Waals surface area contributed by atoms with Crippen LogP contribution in [0.3, 0.4) is 0 Å². The van der Waals surface area contributed by atoms with Gasteiger partial charge in [0, 0.05) is 13.6 Å². The van der Waals surface area contributed by atoms with Crippen LogP contribution in [0.5, 0.6) is 0 Å². The first kappa shape index (κ1) is 14.5. The van der Waals surface area contributed by atoms with E-state index in [0.29, 0.717) is 0 Å². The molecule has 0 heterocycles. The first-order valence-corrected chi connectivity index (χ1v) is 6.92. The van der Waals surface area contributed by atoms with Crippen LogP contribution in [0.15, 0.2) is 29.2 Å². The number of benzene rings is 1. The number of hydrogen-bond acceptors (Lipinski definition) is 4. The summed E-state index contributed by atoms with van der Waals surface area (Å²) in [5, 5.41) is 2.39. The SMILES string of the molecule is CCN(CC(=O)NC)S(=O)(=O)c1ccccc1N. The summed E-state index contributed by atoms with van der Waals surface area (Å²) in [7, 11) is -2.28. The summed E-state index contributed by atoms with van der Waals surface area (Å²) in [5.41, 5.74) is 5.83. The second kappa shape index (κ2) is 5.83. The lowest BCUT2D eigenvalue weighted by atomic mass is 10.3. The molecule has 0 saturated heterocycles. The summed E-state index contributed by atoms with van der Waals surface area (Å²) >= 11 is 0. The van der Waals surface area contributed by atoms with Gasteiger partial charge in [-0.2, -0.15) is 4.31 Å². The minimum absolute atomic E-state index is 0.0238. The Bertz CT molecular complexity index is 528. The lowest BCUT2D eigenvalue weighted by Crippen LogP contribution is -2.39. The van der Waals surface area contributed by atoms with Gasteiger partial charge >= 0.3 is 0 Å². The third kappa shape index (κ3) is 2.99. The number of carbonyl (C=O) groups is 1. The highest BCUT2D eigenvalue weighted by molar-refractivity contribution is 7.89. The number of anilines is 1. The van der Waals surface area contributed by atoms with Crippen LogP contribution < -0.4 is 11.1 Å². The molecular weight excluding hydrogens is 254 g/mol. The van der Waals surface area contributed by atoms with Crippen molar-refractivity contribution in [1.29, 1.82) is 0 Å². The highest BCUT2D eigenvalue weighted by Crippen LogP contribution is 2.21. The predicted molar refractivity (Wildman–Crippen MR) is 69.4 cm³/mol. The third-order valence-corrected chi connectivity index (χ3v) is 4.48. The lowest BCUT2D eigenvalue weighted by Gasteiger charge is -2.20. The van der Waals surface area contributed by atoms with Gasteiger partial charge in [0.15, 0.2) is 0 Å². The first-order valence-electron chi connectivity index (χ1n) is 5.48. The number of para-hydroxylation sites is 1. The molecule has 1 aromatic rings. The van der Waals surface area contributed by atoms with Gasteiger partial charge in [0.1, 0.15) is 4.90 Å². The van der Waals surface area contributed by atoms with Crippen molar-refractivity contribution in [1.82, 2.24) is 9.62 Å². The molecule has 1 rings (SSSR count). The molecule has 0 spiro atoms. The number of nitrogens with two attached hydrogens (primary N) is 1. The van der Waals surface area contributed by atoms with Crippen molar-refractivity contribution >= 4 is 21.6 Å². The van der Waals surface area contributed by atoms with Crippen LogP contribution in [-0.2, 0) is 14.8 Å². The zero-order valence-electron chi connectivity index (χ0n) is 10.4. The van der Waals surface area contributed by atoms with Crippen molar-refractivity contribution in [3.63, 3.8) is 0 Å². The summed E-state index contributed by atoms with van der Waals surface area (Å²) in [6, 6.07) is 6.19. The minimum atomic E-state index is -3.74. The van der Waals surface area contributed by atoms with Gasteiger partial charge < -0.3 is 11.1 Å². The molecule has 0 unspecified atom stereocenters. The zero-order chi connectivity index (χ0) is 13.8. The van der Waals surface area contributed by atoms with E-state index in [1.54, 1.807) is 19.1 Å². The second-order valence-corrected chi connectivity index (χ2v) is 5.55. The largest absolute Gasteiger partial charge is 0.398 e. The molecule has 0 aromatic heterocycles. The Labute approximate surface area is 107 Å². The fourth-order valence-electron chi connectivity index (χ4n) is 1.46. The highest BCUT2D eigenvalue weighted by Gasteiger charge is 2.26. The van der Waals surface area contributed by atoms with Crippen molar-refractivity contribution in [3.8, 4) is 0 Å². The van der Waals surface area contributed by atoms with E-state index in [1.807, 2.05) is 0 Å². The first-order chi connectivity index (χ1) is 8.43. The van der Waals surface area contributed by atoms with Gasteiger partial charge in [0.05, 0.1) is 12.2 Å². The highest BCUT2D eigenvalue weighted by atomic mass is 32.2. The Morgan fingerprint density at radius 3 is 2.50 bits per heavy atom. The molecule has 100 valence electrons. The van der Waals surface area contributed by atoms with E-state index >= 15 is 0 Å². The zero-order valence-corrected chi connectivity index (χ0v) is 11.2. The lowest BCUT2D eigenvalue weighted by molar-refractivity contribution is -0.120. The number of likely N-dealkylation sites (N-methyl/N-ethyl adjacent to an activating group) is 2. The fourth-order valence-corrected chi connectivity index (χ4v) is 2.98. The number of nitrogens with zero attached hydrogens (tertiary/aromatic N) is 1. The Hall–Kier alpha value is -1.60. The van der Waals surface area contributed by atoms with E-state index in [2.05, 4.69) is 5.32 Å². The van der Waals surface area contributed by atoms with Gasteiger partial charge in [-0.1, -0.05) is 19.1 Å². The van der Waals surface area contributed by atoms with E-state index in [0.717, 1.165) is 4.31 Å². The van der Waals surface area contributed by atoms with Crippen molar-refractivity contribution in [2.45, 2.75) is 11.8 Å². The molecule has 1 aromatic carbocycles. The van der Waals surface area contributed by atoms with Gasteiger partial charge in [0.2, 0.25) is 15.9 Å². The molecule has 0 radical (unpaired) electrons. The van der Waals surface area contributed by atoms with Crippen LogP contribution in [0, 0.1) is 0 Å². The maximum atomic E-state index is 12.3. The fraction of sp³-hybridized carbons (Fsp3) is 0.364. The van der Waals surface area contributed by atoms with Crippen LogP contribution in [0.1, 0.15) is 6.92 Å². The molecule has 0 saturated carbocycles. The summed E-state index contributed by atoms with van der Waals surface area (Å²) in [4.78, 5) is 11.3. The maximum absolute atomic E-state index is 12.3. The van der Waals surface area contributed by atoms with E-state index in [1.165, 1.54) is 19.2 Å². The Kier molecular flexibility index (Phi) is 4.69. The predicted octanol–water partition coefficient (Wildman–Crippen LogP) is 0.0254. The summed E-state index contributed by atoms with van der Waals surface area (Å²) in [6.45, 7) is 1.65. The summed E-state index contributed by atoms with van der Waals surface area (Å²) < 4.78 is 25.7. The number of hydrogen-bond donors (Lipinski definition) is 2. The smallest absolute Gasteiger partial charge is 0.245 e. The number of sulfonamides is 1. The third-order valence-electron chi connectivity index (χ3n) is 2.49. The second-order valence-electron chi connectivity index (χ2n) is 3.64. The number of nitrogens with one attached hydrogen (secondary N) is 1. The number of rotatable bonds is 5. The molecule has 0 aliphatic heterocycles. The van der Waals surface area contributed by atoms with Crippen LogP contribution >= 0.6 is 0 Å². The molecule has 6 nitrogen and oxygen atoms in total. The van der Waals surface area contributed by atoms with E-state index in [4.69, 9.17) is 5.73 Å². The number of nitrogen functional groups attached to an aromatic ring is 1. The molecule has 0 fully saturated rings. The summed E-state index contributed by atoms with van der Waals surface area (Å²) in [6.07, 6.45) is 0. The van der Waals surface area contributed by atoms with Gasteiger partial charge in [-0.3, -0.25) is 4.79 Å². The average molecular weight is 271 g/mol. The topological polar surface area (TPSA) is 92.5 Å². The van der Waals surface area contributed by atoms with E-state index in [-0.39, 0.29) is 29.6 Å². The van der Waals surface area contributed by atoms with Crippen molar-refractivity contribution in [3.05, 3.63) is 24.3 Å². The van der Waals surface area contributed by atoms with E-state index in [9.17, 15) is 13.2 Å². The summed E-state index contributed by atoms with van der Waals surface area (Å²) in [5.74, 6) is -0.366. The molecule has 0 bridgehead atoms. The normalized spacial score (nSPS) is 11.5. The molecule has 18 heavy (non-hydrogen) atoms. The number of amides is 1. The maximum Gasteiger partial charge on any atom is 0.245 e. The van der Waals surface area contributed by atoms with Crippen LogP contribution in [0.25, 0.3) is 0 Å². The molecule has 3 N–H and O–H groups in total. The average Bonchev–Trinajstić information content (AvgIpc) is 2.35. The molecule has 7 heteroatoms. The van der Waals surface area contributed by atoms with Crippen LogP contribution in [0.2, 0.25) is 0 Å². The molecule has 1 amide bonds. The van der Waals surface area contributed by atoms with Gasteiger partial charge in [0.25, 0.3) is 0 Å². The standard InChI is InChI=1S/C11H17N3O3S/c1-3-14(8-11(15)13-2)18(16,17)10-7-5-4-6-9(10)12/h4-7H,3,8,12H2,1-2H3,(H,13,15). The molecular formula is C11H17N3O3S. The van der Waals surface area contributed by atoms with Gasteiger partial charge in [-0.05, 0) is 12.1 Å². The van der Waals surface area contributed by atoms with Crippen molar-refractivity contribution in [2.75, 3.05) is 25.9 Å². The Balaban J connectivity index is 3.12. The van der Waals surface area contributed by atoms with Crippen molar-refractivity contribution < 1.29 is 13.2 Å². The van der Waals surface area contributed by atoms with E-state index < -0.39 is 10.0 Å². The van der Waals surface area contributed by atoms with Gasteiger partial charge in [-0.15, -0.1) is 0 Å². The van der Waals surface area contributed by atoms with Gasteiger partial charge in [-0.25, -0.2) is 8.42 Å². The quantitative estimate of drug-likeness (QED) is 0.739. The minimum Gasteiger partial charge on any atom is -0.398 e. The Morgan fingerprint density at radius 1 is 1.39 bits per heavy atom. The van der Waals surface area contributed by atoms with Crippen LogP contribution in [-0.4, -0.2) is 38.8 Å². The molecule has 0 aliphatic carbocycles. The molecule has 0 aliphatic rings. The van der Waals surface area contributed by atoms with Crippen LogP contribution in [0.4, 0.5) is 5.69 Å². The monoisotopic (exact) mass is 271 g/mol. The number of carbonyl (C=O) groups excluding carboxylic acids is 1. The Morgan fingerprint density at radius 2 is 2.00 bits per heavy atom.